The monoisotopic (exact) mass is 451 g/mol. The second-order valence-corrected chi connectivity index (χ2v) is 8.42. The smallest absolute Gasteiger partial charge is 0.323 e. The van der Waals surface area contributed by atoms with Gasteiger partial charge in [-0.15, -0.1) is 0 Å². The minimum Gasteiger partial charge on any atom is -0.323 e. The molecule has 1 amide bonds. The maximum Gasteiger partial charge on any atom is 0.416 e. The van der Waals surface area contributed by atoms with E-state index in [-0.39, 0.29) is 10.7 Å². The Hall–Kier alpha value is -2.45. The van der Waals surface area contributed by atoms with Crippen LogP contribution in [0.2, 0.25) is 5.02 Å². The first-order chi connectivity index (χ1) is 14.3. The van der Waals surface area contributed by atoms with Gasteiger partial charge in [-0.25, -0.2) is 4.98 Å². The van der Waals surface area contributed by atoms with Crippen LogP contribution in [0.1, 0.15) is 35.3 Å². The number of rotatable bonds is 6. The summed E-state index contributed by atoms with van der Waals surface area (Å²) >= 11 is 7.31. The SMILES string of the molecule is O=C(Nc1cc(C(F)(F)F)ccc1Cl)C(Sc1nccn1C1CC1)c1ccccc1. The largest absolute Gasteiger partial charge is 0.416 e. The number of thioether (sulfide) groups is 1. The molecule has 30 heavy (non-hydrogen) atoms. The average Bonchev–Trinajstić information content (AvgIpc) is 3.45. The number of carbonyl (C=O) groups is 1. The summed E-state index contributed by atoms with van der Waals surface area (Å²) in [5, 5.41) is 2.58. The van der Waals surface area contributed by atoms with Gasteiger partial charge in [0.1, 0.15) is 5.25 Å². The minimum atomic E-state index is -4.54. The number of imidazole rings is 1. The van der Waals surface area contributed by atoms with Gasteiger partial charge in [-0.3, -0.25) is 4.79 Å². The van der Waals surface area contributed by atoms with E-state index in [0.29, 0.717) is 16.8 Å². The molecule has 1 aromatic heterocycles. The van der Waals surface area contributed by atoms with Crippen LogP contribution in [0, 0.1) is 0 Å². The third-order valence-electron chi connectivity index (χ3n) is 4.69. The van der Waals surface area contributed by atoms with Crippen molar-refractivity contribution in [2.24, 2.45) is 0 Å². The van der Waals surface area contributed by atoms with Crippen LogP contribution >= 0.6 is 23.4 Å². The van der Waals surface area contributed by atoms with Gasteiger partial charge >= 0.3 is 6.18 Å². The molecule has 9 heteroatoms. The normalized spacial score (nSPS) is 15.1. The summed E-state index contributed by atoms with van der Waals surface area (Å²) in [4.78, 5) is 17.5. The van der Waals surface area contributed by atoms with Crippen LogP contribution in [0.5, 0.6) is 0 Å². The Labute approximate surface area is 180 Å². The number of amides is 1. The van der Waals surface area contributed by atoms with Crippen molar-refractivity contribution < 1.29 is 18.0 Å². The van der Waals surface area contributed by atoms with Crippen molar-refractivity contribution in [3.8, 4) is 0 Å². The van der Waals surface area contributed by atoms with Gasteiger partial charge in [-0.1, -0.05) is 53.7 Å². The molecule has 1 aliphatic rings. The number of hydrogen-bond acceptors (Lipinski definition) is 3. The van der Waals surface area contributed by atoms with Crippen molar-refractivity contribution in [3.05, 3.63) is 77.1 Å². The summed E-state index contributed by atoms with van der Waals surface area (Å²) < 4.78 is 41.2. The summed E-state index contributed by atoms with van der Waals surface area (Å²) in [5.41, 5.74) is -0.243. The Kier molecular flexibility index (Phi) is 5.79. The van der Waals surface area contributed by atoms with Gasteiger partial charge in [-0.2, -0.15) is 13.2 Å². The molecule has 0 aliphatic heterocycles. The summed E-state index contributed by atoms with van der Waals surface area (Å²) in [7, 11) is 0. The van der Waals surface area contributed by atoms with E-state index < -0.39 is 22.9 Å². The van der Waals surface area contributed by atoms with Gasteiger partial charge in [-0.05, 0) is 36.6 Å². The van der Waals surface area contributed by atoms with E-state index in [1.807, 2.05) is 16.8 Å². The zero-order valence-electron chi connectivity index (χ0n) is 15.6. The molecule has 1 aliphatic carbocycles. The van der Waals surface area contributed by atoms with E-state index in [1.54, 1.807) is 30.5 Å². The fourth-order valence-electron chi connectivity index (χ4n) is 3.02. The van der Waals surface area contributed by atoms with Crippen molar-refractivity contribution in [1.82, 2.24) is 9.55 Å². The van der Waals surface area contributed by atoms with Crippen molar-refractivity contribution in [1.29, 1.82) is 0 Å². The molecule has 0 radical (unpaired) electrons. The molecule has 1 unspecified atom stereocenters. The molecule has 1 N–H and O–H groups in total. The Bertz CT molecular complexity index is 1050. The molecule has 1 fully saturated rings. The summed E-state index contributed by atoms with van der Waals surface area (Å²) in [6.07, 6.45) is 1.15. The van der Waals surface area contributed by atoms with Gasteiger partial charge in [0.2, 0.25) is 5.91 Å². The van der Waals surface area contributed by atoms with Crippen molar-refractivity contribution in [3.63, 3.8) is 0 Å². The van der Waals surface area contributed by atoms with Crippen molar-refractivity contribution in [2.45, 2.75) is 35.5 Å². The lowest BCUT2D eigenvalue weighted by atomic mass is 10.1. The van der Waals surface area contributed by atoms with E-state index in [9.17, 15) is 18.0 Å². The first-order valence-electron chi connectivity index (χ1n) is 9.25. The van der Waals surface area contributed by atoms with Gasteiger partial charge in [0, 0.05) is 18.4 Å². The van der Waals surface area contributed by atoms with Crippen LogP contribution in [0.4, 0.5) is 18.9 Å². The Balaban J connectivity index is 1.63. The predicted octanol–water partition coefficient (Wildman–Crippen LogP) is 6.36. The first-order valence-corrected chi connectivity index (χ1v) is 10.5. The molecule has 1 saturated carbocycles. The van der Waals surface area contributed by atoms with Crippen molar-refractivity contribution in [2.75, 3.05) is 5.32 Å². The van der Waals surface area contributed by atoms with Crippen LogP contribution in [-0.4, -0.2) is 15.5 Å². The van der Waals surface area contributed by atoms with Crippen molar-refractivity contribution >= 4 is 35.0 Å². The molecule has 1 heterocycles. The molecule has 0 bridgehead atoms. The molecule has 4 rings (SSSR count). The van der Waals surface area contributed by atoms with Crippen LogP contribution in [0.3, 0.4) is 0 Å². The number of nitrogens with zero attached hydrogens (tertiary/aromatic N) is 2. The number of aromatic nitrogens is 2. The number of anilines is 1. The van der Waals surface area contributed by atoms with Gasteiger partial charge in [0.15, 0.2) is 5.16 Å². The fourth-order valence-corrected chi connectivity index (χ4v) is 4.31. The molecule has 3 aromatic rings. The standard InChI is InChI=1S/C21H17ClF3N3OS/c22-16-9-6-14(21(23,24)25)12-17(16)27-19(29)18(13-4-2-1-3-5-13)30-20-26-10-11-28(20)15-7-8-15/h1-6,9-12,15,18H,7-8H2,(H,27,29). The first kappa shape index (κ1) is 20.8. The zero-order valence-corrected chi connectivity index (χ0v) is 17.1. The highest BCUT2D eigenvalue weighted by Gasteiger charge is 2.32. The predicted molar refractivity (Wildman–Crippen MR) is 111 cm³/mol. The Morgan fingerprint density at radius 1 is 1.20 bits per heavy atom. The fraction of sp³-hybridized carbons (Fsp3) is 0.238. The lowest BCUT2D eigenvalue weighted by Crippen LogP contribution is -2.20. The van der Waals surface area contributed by atoms with Gasteiger partial charge in [0.05, 0.1) is 16.3 Å². The molecular formula is C21H17ClF3N3OS. The molecule has 0 saturated heterocycles. The zero-order chi connectivity index (χ0) is 21.3. The Morgan fingerprint density at radius 2 is 1.93 bits per heavy atom. The molecule has 156 valence electrons. The van der Waals surface area contributed by atoms with Crippen LogP contribution in [0.25, 0.3) is 0 Å². The van der Waals surface area contributed by atoms with E-state index in [4.69, 9.17) is 11.6 Å². The van der Waals surface area contributed by atoms with Crippen LogP contribution in [-0.2, 0) is 11.0 Å². The maximum absolute atomic E-state index is 13.1. The van der Waals surface area contributed by atoms with Gasteiger partial charge < -0.3 is 9.88 Å². The van der Waals surface area contributed by atoms with Gasteiger partial charge in [0.25, 0.3) is 0 Å². The quantitative estimate of drug-likeness (QED) is 0.443. The molecule has 1 atom stereocenters. The van der Waals surface area contributed by atoms with E-state index in [0.717, 1.165) is 31.0 Å². The van der Waals surface area contributed by atoms with E-state index in [2.05, 4.69) is 10.3 Å². The van der Waals surface area contributed by atoms with Crippen LogP contribution < -0.4 is 5.32 Å². The number of hydrogen-bond donors (Lipinski definition) is 1. The highest BCUT2D eigenvalue weighted by molar-refractivity contribution is 8.00. The number of carbonyl (C=O) groups excluding carboxylic acids is 1. The maximum atomic E-state index is 13.1. The second-order valence-electron chi connectivity index (χ2n) is 6.94. The van der Waals surface area contributed by atoms with E-state index in [1.165, 1.54) is 11.8 Å². The molecule has 2 aromatic carbocycles. The lowest BCUT2D eigenvalue weighted by Gasteiger charge is -2.18. The number of alkyl halides is 3. The lowest BCUT2D eigenvalue weighted by molar-refractivity contribution is -0.137. The topological polar surface area (TPSA) is 46.9 Å². The third kappa shape index (κ3) is 4.65. The van der Waals surface area contributed by atoms with E-state index >= 15 is 0 Å². The van der Waals surface area contributed by atoms with Crippen LogP contribution in [0.15, 0.2) is 66.1 Å². The molecule has 0 spiro atoms. The summed E-state index contributed by atoms with van der Waals surface area (Å²) in [6, 6.07) is 12.3. The highest BCUT2D eigenvalue weighted by atomic mass is 35.5. The molecular weight excluding hydrogens is 435 g/mol. The minimum absolute atomic E-state index is 0.0349. The highest BCUT2D eigenvalue weighted by Crippen LogP contribution is 2.42. The molecule has 4 nitrogen and oxygen atoms in total. The number of halogens is 4. The second kappa shape index (κ2) is 8.35. The summed E-state index contributed by atoms with van der Waals surface area (Å²) in [5.74, 6) is -0.474. The average molecular weight is 452 g/mol. The summed E-state index contributed by atoms with van der Waals surface area (Å²) in [6.45, 7) is 0. The Morgan fingerprint density at radius 3 is 2.60 bits per heavy atom. The number of nitrogens with one attached hydrogen (secondary N) is 1. The third-order valence-corrected chi connectivity index (χ3v) is 6.27. The number of benzene rings is 2.